The van der Waals surface area contributed by atoms with Gasteiger partial charge in [-0.3, -0.25) is 9.59 Å². The summed E-state index contributed by atoms with van der Waals surface area (Å²) in [6, 6.07) is 3.23. The van der Waals surface area contributed by atoms with Crippen molar-refractivity contribution in [1.29, 1.82) is 0 Å². The molecule has 0 radical (unpaired) electrons. The molecule has 7 heteroatoms. The Bertz CT molecular complexity index is 572. The molecule has 2 rings (SSSR count). The van der Waals surface area contributed by atoms with E-state index in [-0.39, 0.29) is 31.2 Å². The molecule has 0 aliphatic carbocycles. The molecule has 7 nitrogen and oxygen atoms in total. The predicted octanol–water partition coefficient (Wildman–Crippen LogP) is 0.784. The van der Waals surface area contributed by atoms with Crippen LogP contribution in [0, 0.1) is 5.92 Å². The van der Waals surface area contributed by atoms with Crippen molar-refractivity contribution in [3.8, 4) is 0 Å². The van der Waals surface area contributed by atoms with E-state index >= 15 is 0 Å². The lowest BCUT2D eigenvalue weighted by Crippen LogP contribution is -2.28. The van der Waals surface area contributed by atoms with Gasteiger partial charge in [-0.25, -0.2) is 9.78 Å². The minimum absolute atomic E-state index is 0.0594. The maximum absolute atomic E-state index is 12.1. The number of amides is 1. The number of methoxy groups -OCH3 is 1. The fraction of sp³-hybridized carbons (Fsp3) is 0.429. The second-order valence-electron chi connectivity index (χ2n) is 4.52. The minimum atomic E-state index is -0.595. The molecule has 1 aliphatic rings. The first-order chi connectivity index (χ1) is 10.1. The third kappa shape index (κ3) is 3.01. The van der Waals surface area contributed by atoms with Gasteiger partial charge in [0.1, 0.15) is 0 Å². The first kappa shape index (κ1) is 15.0. The monoisotopic (exact) mass is 292 g/mol. The zero-order valence-corrected chi connectivity index (χ0v) is 11.9. The van der Waals surface area contributed by atoms with E-state index in [4.69, 9.17) is 4.74 Å². The van der Waals surface area contributed by atoms with Gasteiger partial charge in [0.15, 0.2) is 5.69 Å². The van der Waals surface area contributed by atoms with Crippen molar-refractivity contribution in [2.24, 2.45) is 5.92 Å². The molecule has 1 aromatic rings. The van der Waals surface area contributed by atoms with Gasteiger partial charge in [0.05, 0.1) is 25.3 Å². The molecular formula is C14H16N2O5. The number of aromatic nitrogens is 1. The summed E-state index contributed by atoms with van der Waals surface area (Å²) in [5, 5.41) is 0. The quantitative estimate of drug-likeness (QED) is 0.762. The van der Waals surface area contributed by atoms with Crippen LogP contribution >= 0.6 is 0 Å². The van der Waals surface area contributed by atoms with Crippen LogP contribution < -0.4 is 4.90 Å². The Hall–Kier alpha value is -2.44. The highest BCUT2D eigenvalue weighted by molar-refractivity contribution is 6.04. The van der Waals surface area contributed by atoms with E-state index in [1.54, 1.807) is 19.1 Å². The average molecular weight is 292 g/mol. The Balaban J connectivity index is 2.28. The molecule has 1 fully saturated rings. The van der Waals surface area contributed by atoms with E-state index in [2.05, 4.69) is 9.72 Å². The van der Waals surface area contributed by atoms with Crippen LogP contribution in [0.4, 0.5) is 5.69 Å². The number of carbonyl (C=O) groups is 3. The first-order valence-corrected chi connectivity index (χ1v) is 6.58. The lowest BCUT2D eigenvalue weighted by molar-refractivity contribution is -0.145. The number of ether oxygens (including phenoxy) is 2. The number of rotatable bonds is 4. The molecule has 0 spiro atoms. The van der Waals surface area contributed by atoms with E-state index in [1.165, 1.54) is 18.2 Å². The molecule has 1 unspecified atom stereocenters. The SMILES string of the molecule is CCOC(=O)c1ncccc1N1CC(C(=O)OC)CC1=O. The largest absolute Gasteiger partial charge is 0.469 e. The molecule has 1 aromatic heterocycles. The maximum Gasteiger partial charge on any atom is 0.359 e. The highest BCUT2D eigenvalue weighted by atomic mass is 16.5. The molecule has 1 atom stereocenters. The van der Waals surface area contributed by atoms with Gasteiger partial charge in [0.25, 0.3) is 0 Å². The molecule has 1 aliphatic heterocycles. The fourth-order valence-electron chi connectivity index (χ4n) is 2.24. The highest BCUT2D eigenvalue weighted by Gasteiger charge is 2.37. The normalized spacial score (nSPS) is 17.7. The number of nitrogens with zero attached hydrogens (tertiary/aromatic N) is 2. The molecule has 0 saturated carbocycles. The van der Waals surface area contributed by atoms with Crippen molar-refractivity contribution >= 4 is 23.5 Å². The Kier molecular flexibility index (Phi) is 4.52. The highest BCUT2D eigenvalue weighted by Crippen LogP contribution is 2.28. The summed E-state index contributed by atoms with van der Waals surface area (Å²) in [6.45, 7) is 2.08. The number of anilines is 1. The molecule has 112 valence electrons. The van der Waals surface area contributed by atoms with Gasteiger partial charge in [-0.15, -0.1) is 0 Å². The average Bonchev–Trinajstić information content (AvgIpc) is 2.88. The Labute approximate surface area is 121 Å². The molecule has 21 heavy (non-hydrogen) atoms. The zero-order chi connectivity index (χ0) is 15.4. The van der Waals surface area contributed by atoms with Gasteiger partial charge in [0.2, 0.25) is 5.91 Å². The van der Waals surface area contributed by atoms with Crippen LogP contribution in [-0.2, 0) is 19.1 Å². The Morgan fingerprint density at radius 1 is 1.48 bits per heavy atom. The third-order valence-corrected chi connectivity index (χ3v) is 3.21. The molecule has 0 N–H and O–H groups in total. The van der Waals surface area contributed by atoms with Crippen LogP contribution in [0.5, 0.6) is 0 Å². The molecule has 0 aromatic carbocycles. The smallest absolute Gasteiger partial charge is 0.359 e. The van der Waals surface area contributed by atoms with Crippen molar-refractivity contribution in [1.82, 2.24) is 4.98 Å². The Morgan fingerprint density at radius 2 is 2.24 bits per heavy atom. The van der Waals surface area contributed by atoms with Crippen LogP contribution in [0.3, 0.4) is 0 Å². The number of hydrogen-bond acceptors (Lipinski definition) is 6. The molecule has 0 bridgehead atoms. The summed E-state index contributed by atoms with van der Waals surface area (Å²) < 4.78 is 9.59. The summed E-state index contributed by atoms with van der Waals surface area (Å²) in [4.78, 5) is 40.9. The van der Waals surface area contributed by atoms with Crippen LogP contribution in [0.15, 0.2) is 18.3 Å². The van der Waals surface area contributed by atoms with Crippen LogP contribution in [0.25, 0.3) is 0 Å². The van der Waals surface area contributed by atoms with Gasteiger partial charge >= 0.3 is 11.9 Å². The summed E-state index contributed by atoms with van der Waals surface area (Å²) in [5.74, 6) is -1.81. The van der Waals surface area contributed by atoms with Crippen molar-refractivity contribution in [3.05, 3.63) is 24.0 Å². The van der Waals surface area contributed by atoms with E-state index in [9.17, 15) is 14.4 Å². The number of pyridine rings is 1. The number of carbonyl (C=O) groups excluding carboxylic acids is 3. The molecular weight excluding hydrogens is 276 g/mol. The van der Waals surface area contributed by atoms with Gasteiger partial charge < -0.3 is 14.4 Å². The van der Waals surface area contributed by atoms with Crippen LogP contribution in [0.2, 0.25) is 0 Å². The van der Waals surface area contributed by atoms with Gasteiger partial charge in [0, 0.05) is 19.2 Å². The van der Waals surface area contributed by atoms with Crippen molar-refractivity contribution < 1.29 is 23.9 Å². The fourth-order valence-corrected chi connectivity index (χ4v) is 2.24. The standard InChI is InChI=1S/C14H16N2O5/c1-3-21-14(19)12-10(5-4-6-15-12)16-8-9(7-11(16)17)13(18)20-2/h4-6,9H,3,7-8H2,1-2H3. The molecule has 2 heterocycles. The summed E-state index contributed by atoms with van der Waals surface area (Å²) in [7, 11) is 1.28. The van der Waals surface area contributed by atoms with Crippen molar-refractivity contribution in [2.45, 2.75) is 13.3 Å². The zero-order valence-electron chi connectivity index (χ0n) is 11.9. The molecule has 1 saturated heterocycles. The topological polar surface area (TPSA) is 85.8 Å². The molecule has 1 amide bonds. The van der Waals surface area contributed by atoms with E-state index < -0.39 is 17.9 Å². The van der Waals surface area contributed by atoms with Crippen LogP contribution in [-0.4, -0.2) is 43.1 Å². The maximum atomic E-state index is 12.1. The first-order valence-electron chi connectivity index (χ1n) is 6.58. The predicted molar refractivity (Wildman–Crippen MR) is 72.7 cm³/mol. The second kappa shape index (κ2) is 6.34. The van der Waals surface area contributed by atoms with Crippen molar-refractivity contribution in [2.75, 3.05) is 25.2 Å². The third-order valence-electron chi connectivity index (χ3n) is 3.21. The summed E-state index contributed by atoms with van der Waals surface area (Å²) in [5.41, 5.74) is 0.422. The van der Waals surface area contributed by atoms with Gasteiger partial charge in [-0.2, -0.15) is 0 Å². The minimum Gasteiger partial charge on any atom is -0.469 e. The second-order valence-corrected chi connectivity index (χ2v) is 4.52. The number of hydrogen-bond donors (Lipinski definition) is 0. The van der Waals surface area contributed by atoms with E-state index in [0.717, 1.165) is 0 Å². The summed E-state index contributed by atoms with van der Waals surface area (Å²) in [6.07, 6.45) is 1.51. The van der Waals surface area contributed by atoms with Gasteiger partial charge in [-0.05, 0) is 19.1 Å². The summed E-state index contributed by atoms with van der Waals surface area (Å²) >= 11 is 0. The Morgan fingerprint density at radius 3 is 2.90 bits per heavy atom. The van der Waals surface area contributed by atoms with Crippen molar-refractivity contribution in [3.63, 3.8) is 0 Å². The van der Waals surface area contributed by atoms with Crippen LogP contribution in [0.1, 0.15) is 23.8 Å². The van der Waals surface area contributed by atoms with Gasteiger partial charge in [-0.1, -0.05) is 0 Å². The lowest BCUT2D eigenvalue weighted by atomic mass is 10.1. The van der Waals surface area contributed by atoms with E-state index in [1.807, 2.05) is 0 Å². The lowest BCUT2D eigenvalue weighted by Gasteiger charge is -2.18. The van der Waals surface area contributed by atoms with E-state index in [0.29, 0.717) is 5.69 Å². The number of esters is 2.